The average molecular weight is 238 g/mol. The minimum absolute atomic E-state index is 0.173. The van der Waals surface area contributed by atoms with Crippen LogP contribution in [0.3, 0.4) is 0 Å². The number of rotatable bonds is 6. The van der Waals surface area contributed by atoms with Crippen molar-refractivity contribution in [3.63, 3.8) is 0 Å². The molecule has 3 N–H and O–H groups in total. The van der Waals surface area contributed by atoms with Crippen molar-refractivity contribution in [3.05, 3.63) is 18.5 Å². The van der Waals surface area contributed by atoms with Crippen molar-refractivity contribution in [2.75, 3.05) is 44.9 Å². The summed E-state index contributed by atoms with van der Waals surface area (Å²) in [5.74, 6) is 0. The van der Waals surface area contributed by atoms with E-state index in [0.717, 1.165) is 18.7 Å². The maximum Gasteiger partial charge on any atom is 0.0738 e. The molecule has 1 aromatic rings. The van der Waals surface area contributed by atoms with E-state index in [1.165, 1.54) is 0 Å². The van der Waals surface area contributed by atoms with E-state index >= 15 is 0 Å². The van der Waals surface area contributed by atoms with Gasteiger partial charge in [0.25, 0.3) is 0 Å². The summed E-state index contributed by atoms with van der Waals surface area (Å²) in [5.41, 5.74) is 7.52. The maximum atomic E-state index is 9.24. The number of aromatic nitrogens is 1. The van der Waals surface area contributed by atoms with Crippen molar-refractivity contribution in [2.24, 2.45) is 0 Å². The molecule has 0 bridgehead atoms. The summed E-state index contributed by atoms with van der Waals surface area (Å²) in [5, 5.41) is 9.24. The number of pyridine rings is 1. The molecule has 96 valence electrons. The lowest BCUT2D eigenvalue weighted by Crippen LogP contribution is -2.35. The van der Waals surface area contributed by atoms with Crippen LogP contribution in [0.5, 0.6) is 0 Å². The zero-order valence-electron chi connectivity index (χ0n) is 10.8. The van der Waals surface area contributed by atoms with Crippen LogP contribution < -0.4 is 10.6 Å². The summed E-state index contributed by atoms with van der Waals surface area (Å²) >= 11 is 0. The van der Waals surface area contributed by atoms with Gasteiger partial charge in [0, 0.05) is 25.8 Å². The number of likely N-dealkylation sites (N-methyl/N-ethyl adjacent to an activating group) is 1. The highest BCUT2D eigenvalue weighted by Gasteiger charge is 2.12. The summed E-state index contributed by atoms with van der Waals surface area (Å²) in [7, 11) is 5.94. The Bertz CT molecular complexity index is 343. The second-order valence-electron chi connectivity index (χ2n) is 4.44. The summed E-state index contributed by atoms with van der Waals surface area (Å²) in [4.78, 5) is 8.09. The lowest BCUT2D eigenvalue weighted by atomic mass is 10.2. The number of hydrogen-bond acceptors (Lipinski definition) is 5. The van der Waals surface area contributed by atoms with E-state index in [-0.39, 0.29) is 12.6 Å². The fraction of sp³-hybridized carbons (Fsp3) is 0.583. The van der Waals surface area contributed by atoms with Crippen LogP contribution in [-0.2, 0) is 0 Å². The SMILES string of the molecule is CN(CCC(CO)N(C)C)c1ccncc1N. The Labute approximate surface area is 103 Å². The zero-order chi connectivity index (χ0) is 12.8. The number of anilines is 2. The van der Waals surface area contributed by atoms with Crippen molar-refractivity contribution in [1.82, 2.24) is 9.88 Å². The second-order valence-corrected chi connectivity index (χ2v) is 4.44. The number of hydrogen-bond donors (Lipinski definition) is 2. The number of nitrogens with two attached hydrogens (primary N) is 1. The third-order valence-electron chi connectivity index (χ3n) is 2.98. The Morgan fingerprint density at radius 3 is 2.65 bits per heavy atom. The molecule has 1 unspecified atom stereocenters. The molecule has 0 amide bonds. The molecule has 17 heavy (non-hydrogen) atoms. The molecule has 0 aliphatic rings. The highest BCUT2D eigenvalue weighted by molar-refractivity contribution is 5.65. The van der Waals surface area contributed by atoms with Crippen LogP contribution >= 0.6 is 0 Å². The van der Waals surface area contributed by atoms with Gasteiger partial charge in [0.2, 0.25) is 0 Å². The zero-order valence-corrected chi connectivity index (χ0v) is 10.8. The fourth-order valence-electron chi connectivity index (χ4n) is 1.72. The molecule has 1 rings (SSSR count). The molecule has 1 atom stereocenters. The van der Waals surface area contributed by atoms with Gasteiger partial charge in [-0.25, -0.2) is 0 Å². The molecule has 5 nitrogen and oxygen atoms in total. The van der Waals surface area contributed by atoms with E-state index in [2.05, 4.69) is 9.88 Å². The van der Waals surface area contributed by atoms with Crippen molar-refractivity contribution in [1.29, 1.82) is 0 Å². The number of aliphatic hydroxyl groups excluding tert-OH is 1. The van der Waals surface area contributed by atoms with Gasteiger partial charge < -0.3 is 20.6 Å². The molecule has 0 saturated carbocycles. The molecular weight excluding hydrogens is 216 g/mol. The van der Waals surface area contributed by atoms with Gasteiger partial charge in [0.15, 0.2) is 0 Å². The maximum absolute atomic E-state index is 9.24. The topological polar surface area (TPSA) is 65.6 Å². The first-order chi connectivity index (χ1) is 8.06. The van der Waals surface area contributed by atoms with Gasteiger partial charge in [-0.15, -0.1) is 0 Å². The van der Waals surface area contributed by atoms with Crippen LogP contribution in [-0.4, -0.2) is 55.3 Å². The molecular formula is C12H22N4O. The number of aliphatic hydroxyl groups is 1. The van der Waals surface area contributed by atoms with Crippen LogP contribution in [0.15, 0.2) is 18.5 Å². The van der Waals surface area contributed by atoms with Gasteiger partial charge in [-0.1, -0.05) is 0 Å². The van der Waals surface area contributed by atoms with Gasteiger partial charge in [-0.05, 0) is 26.6 Å². The summed E-state index contributed by atoms with van der Waals surface area (Å²) in [6, 6.07) is 2.08. The van der Waals surface area contributed by atoms with Crippen LogP contribution in [0.2, 0.25) is 0 Å². The first-order valence-electron chi connectivity index (χ1n) is 5.74. The average Bonchev–Trinajstić information content (AvgIpc) is 2.29. The van der Waals surface area contributed by atoms with Crippen LogP contribution in [0.1, 0.15) is 6.42 Å². The van der Waals surface area contributed by atoms with Gasteiger partial charge in [-0.3, -0.25) is 4.98 Å². The van der Waals surface area contributed by atoms with Crippen LogP contribution in [0.25, 0.3) is 0 Å². The summed E-state index contributed by atoms with van der Waals surface area (Å²) in [6.45, 7) is 1.02. The van der Waals surface area contributed by atoms with E-state index in [1.54, 1.807) is 12.4 Å². The first kappa shape index (κ1) is 13.7. The van der Waals surface area contributed by atoms with Crippen molar-refractivity contribution >= 4 is 11.4 Å². The van der Waals surface area contributed by atoms with Gasteiger partial charge in [-0.2, -0.15) is 0 Å². The van der Waals surface area contributed by atoms with Crippen molar-refractivity contribution < 1.29 is 5.11 Å². The lowest BCUT2D eigenvalue weighted by Gasteiger charge is -2.26. The monoisotopic (exact) mass is 238 g/mol. The minimum atomic E-state index is 0.173. The molecule has 0 fully saturated rings. The molecule has 0 aliphatic carbocycles. The largest absolute Gasteiger partial charge is 0.396 e. The van der Waals surface area contributed by atoms with Crippen molar-refractivity contribution in [3.8, 4) is 0 Å². The minimum Gasteiger partial charge on any atom is -0.396 e. The highest BCUT2D eigenvalue weighted by atomic mass is 16.3. The Balaban J connectivity index is 2.55. The van der Waals surface area contributed by atoms with E-state index in [1.807, 2.05) is 32.1 Å². The first-order valence-corrected chi connectivity index (χ1v) is 5.74. The standard InChI is InChI=1S/C12H22N4O/c1-15(2)10(9-17)5-7-16(3)12-4-6-14-8-11(12)13/h4,6,8,10,17H,5,7,9,13H2,1-3H3. The quantitative estimate of drug-likeness (QED) is 0.751. The predicted octanol–water partition coefficient (Wildman–Crippen LogP) is 0.413. The summed E-state index contributed by atoms with van der Waals surface area (Å²) in [6.07, 6.45) is 4.28. The third kappa shape index (κ3) is 3.87. The molecule has 0 spiro atoms. The van der Waals surface area contributed by atoms with Crippen molar-refractivity contribution in [2.45, 2.75) is 12.5 Å². The fourth-order valence-corrected chi connectivity index (χ4v) is 1.72. The van der Waals surface area contributed by atoms with Gasteiger partial charge in [0.1, 0.15) is 0 Å². The van der Waals surface area contributed by atoms with E-state index in [0.29, 0.717) is 5.69 Å². The molecule has 0 aliphatic heterocycles. The second kappa shape index (κ2) is 6.42. The predicted molar refractivity (Wildman–Crippen MR) is 71.1 cm³/mol. The molecule has 5 heteroatoms. The Kier molecular flexibility index (Phi) is 5.18. The number of nitrogen functional groups attached to an aromatic ring is 1. The molecule has 1 heterocycles. The van der Waals surface area contributed by atoms with E-state index < -0.39 is 0 Å². The van der Waals surface area contributed by atoms with Gasteiger partial charge >= 0.3 is 0 Å². The normalized spacial score (nSPS) is 12.8. The number of nitrogens with zero attached hydrogens (tertiary/aromatic N) is 3. The van der Waals surface area contributed by atoms with Crippen LogP contribution in [0.4, 0.5) is 11.4 Å². The third-order valence-corrected chi connectivity index (χ3v) is 2.98. The van der Waals surface area contributed by atoms with Gasteiger partial charge in [0.05, 0.1) is 24.2 Å². The molecule has 1 aromatic heterocycles. The lowest BCUT2D eigenvalue weighted by molar-refractivity contribution is 0.163. The highest BCUT2D eigenvalue weighted by Crippen LogP contribution is 2.20. The Morgan fingerprint density at radius 1 is 1.41 bits per heavy atom. The van der Waals surface area contributed by atoms with Crippen LogP contribution in [0, 0.1) is 0 Å². The molecule has 0 radical (unpaired) electrons. The smallest absolute Gasteiger partial charge is 0.0738 e. The molecule has 0 aromatic carbocycles. The van der Waals surface area contributed by atoms with E-state index in [9.17, 15) is 5.11 Å². The van der Waals surface area contributed by atoms with E-state index in [4.69, 9.17) is 5.73 Å². The Hall–Kier alpha value is -1.33. The summed E-state index contributed by atoms with van der Waals surface area (Å²) < 4.78 is 0. The molecule has 0 saturated heterocycles. The Morgan fingerprint density at radius 2 is 2.12 bits per heavy atom.